The van der Waals surface area contributed by atoms with Crippen LogP contribution in [0.2, 0.25) is 0 Å². The number of aromatic nitrogens is 5. The average molecular weight is 400 g/mol. The molecule has 0 aliphatic carbocycles. The lowest BCUT2D eigenvalue weighted by Gasteiger charge is -2.28. The molecule has 1 aliphatic rings. The highest BCUT2D eigenvalue weighted by molar-refractivity contribution is 5.69. The zero-order valence-corrected chi connectivity index (χ0v) is 16.2. The van der Waals surface area contributed by atoms with Gasteiger partial charge in [-0.2, -0.15) is 0 Å². The fourth-order valence-corrected chi connectivity index (χ4v) is 3.33. The van der Waals surface area contributed by atoms with E-state index < -0.39 is 0 Å². The van der Waals surface area contributed by atoms with Crippen molar-refractivity contribution in [1.82, 2.24) is 30.5 Å². The molecule has 9 heteroatoms. The van der Waals surface area contributed by atoms with E-state index in [0.29, 0.717) is 17.3 Å². The molecule has 5 rings (SSSR count). The Morgan fingerprint density at radius 1 is 0.867 bits per heavy atom. The molecule has 0 amide bonds. The van der Waals surface area contributed by atoms with E-state index in [1.165, 1.54) is 0 Å². The molecular formula is C21H20N8O. The minimum absolute atomic E-state index is 0.228. The lowest BCUT2D eigenvalue weighted by Crippen LogP contribution is -2.43. The highest BCUT2D eigenvalue weighted by Crippen LogP contribution is 2.28. The molecular weight excluding hydrogens is 380 g/mol. The fraction of sp³-hybridized carbons (Fsp3) is 0.190. The Hall–Kier alpha value is -3.85. The van der Waals surface area contributed by atoms with Crippen molar-refractivity contribution in [2.75, 3.05) is 36.8 Å². The SMILES string of the molecule is Nc1ncc(-c2ccc(N3CCNCC3)nc2)nc1-c1nnc(-c2ccccc2)o1. The average Bonchev–Trinajstić information content (AvgIpc) is 3.31. The van der Waals surface area contributed by atoms with Crippen molar-refractivity contribution in [3.63, 3.8) is 0 Å². The van der Waals surface area contributed by atoms with Crippen LogP contribution in [0, 0.1) is 0 Å². The highest BCUT2D eigenvalue weighted by atomic mass is 16.4. The molecule has 0 radical (unpaired) electrons. The number of rotatable bonds is 4. The fourth-order valence-electron chi connectivity index (χ4n) is 3.33. The van der Waals surface area contributed by atoms with Crippen LogP contribution in [0.15, 0.2) is 59.3 Å². The monoisotopic (exact) mass is 400 g/mol. The second-order valence-corrected chi connectivity index (χ2v) is 6.91. The Morgan fingerprint density at radius 3 is 2.43 bits per heavy atom. The number of hydrogen-bond donors (Lipinski definition) is 2. The summed E-state index contributed by atoms with van der Waals surface area (Å²) in [5, 5.41) is 11.6. The van der Waals surface area contributed by atoms with Gasteiger partial charge in [-0.1, -0.05) is 18.2 Å². The largest absolute Gasteiger partial charge is 0.414 e. The first-order valence-electron chi connectivity index (χ1n) is 9.72. The van der Waals surface area contributed by atoms with Gasteiger partial charge in [0.15, 0.2) is 11.5 Å². The molecule has 4 aromatic rings. The predicted molar refractivity (Wildman–Crippen MR) is 113 cm³/mol. The Morgan fingerprint density at radius 2 is 1.67 bits per heavy atom. The first-order chi connectivity index (χ1) is 14.8. The maximum Gasteiger partial charge on any atom is 0.270 e. The van der Waals surface area contributed by atoms with E-state index in [2.05, 4.69) is 35.4 Å². The van der Waals surface area contributed by atoms with Gasteiger partial charge in [0, 0.05) is 43.5 Å². The summed E-state index contributed by atoms with van der Waals surface area (Å²) in [5.41, 5.74) is 8.70. The van der Waals surface area contributed by atoms with Gasteiger partial charge in [-0.05, 0) is 24.3 Å². The Kier molecular flexibility index (Phi) is 4.78. The number of hydrogen-bond acceptors (Lipinski definition) is 9. The van der Waals surface area contributed by atoms with E-state index in [4.69, 9.17) is 10.2 Å². The summed E-state index contributed by atoms with van der Waals surface area (Å²) >= 11 is 0. The van der Waals surface area contributed by atoms with Gasteiger partial charge >= 0.3 is 0 Å². The third-order valence-electron chi connectivity index (χ3n) is 4.93. The quantitative estimate of drug-likeness (QED) is 0.531. The normalized spacial score (nSPS) is 14.1. The van der Waals surface area contributed by atoms with E-state index in [0.717, 1.165) is 43.1 Å². The van der Waals surface area contributed by atoms with Crippen molar-refractivity contribution in [3.05, 3.63) is 54.9 Å². The molecule has 0 saturated carbocycles. The number of nitrogens with one attached hydrogen (secondary N) is 1. The van der Waals surface area contributed by atoms with Gasteiger partial charge in [0.25, 0.3) is 5.89 Å². The second kappa shape index (κ2) is 7.88. The van der Waals surface area contributed by atoms with Gasteiger partial charge in [-0.25, -0.2) is 15.0 Å². The lowest BCUT2D eigenvalue weighted by molar-refractivity contribution is 0.582. The Labute approximate surface area is 173 Å². The molecule has 30 heavy (non-hydrogen) atoms. The van der Waals surface area contributed by atoms with Crippen LogP contribution in [0.25, 0.3) is 34.3 Å². The molecule has 4 heterocycles. The van der Waals surface area contributed by atoms with Crippen molar-refractivity contribution in [2.24, 2.45) is 0 Å². The maximum absolute atomic E-state index is 6.04. The van der Waals surface area contributed by atoms with E-state index in [-0.39, 0.29) is 11.7 Å². The van der Waals surface area contributed by atoms with E-state index in [1.54, 1.807) is 12.4 Å². The van der Waals surface area contributed by atoms with Gasteiger partial charge in [-0.15, -0.1) is 10.2 Å². The van der Waals surface area contributed by atoms with Crippen LogP contribution in [0.5, 0.6) is 0 Å². The lowest BCUT2D eigenvalue weighted by atomic mass is 10.2. The van der Waals surface area contributed by atoms with Gasteiger partial charge < -0.3 is 20.4 Å². The summed E-state index contributed by atoms with van der Waals surface area (Å²) < 4.78 is 5.79. The van der Waals surface area contributed by atoms with Crippen LogP contribution in [0.3, 0.4) is 0 Å². The van der Waals surface area contributed by atoms with Gasteiger partial charge in [-0.3, -0.25) is 0 Å². The minimum Gasteiger partial charge on any atom is -0.414 e. The molecule has 1 aromatic carbocycles. The van der Waals surface area contributed by atoms with Crippen molar-refractivity contribution in [3.8, 4) is 34.3 Å². The zero-order chi connectivity index (χ0) is 20.3. The summed E-state index contributed by atoms with van der Waals surface area (Å²) in [5.74, 6) is 1.81. The van der Waals surface area contributed by atoms with E-state index in [9.17, 15) is 0 Å². The highest BCUT2D eigenvalue weighted by Gasteiger charge is 2.17. The maximum atomic E-state index is 6.04. The van der Waals surface area contributed by atoms with Crippen LogP contribution in [0.1, 0.15) is 0 Å². The first kappa shape index (κ1) is 18.2. The molecule has 0 atom stereocenters. The topological polar surface area (TPSA) is 119 Å². The molecule has 3 N–H and O–H groups in total. The van der Waals surface area contributed by atoms with Gasteiger partial charge in [0.05, 0.1) is 11.9 Å². The third kappa shape index (κ3) is 3.58. The van der Waals surface area contributed by atoms with Crippen molar-refractivity contribution in [2.45, 2.75) is 0 Å². The third-order valence-corrected chi connectivity index (χ3v) is 4.93. The Bertz CT molecular complexity index is 1140. The number of benzene rings is 1. The first-order valence-corrected chi connectivity index (χ1v) is 9.72. The number of nitrogen functional groups attached to an aromatic ring is 1. The summed E-state index contributed by atoms with van der Waals surface area (Å²) in [6.07, 6.45) is 3.42. The van der Waals surface area contributed by atoms with Crippen LogP contribution < -0.4 is 16.0 Å². The number of anilines is 2. The number of piperazine rings is 1. The summed E-state index contributed by atoms with van der Waals surface area (Å²) in [6, 6.07) is 13.5. The summed E-state index contributed by atoms with van der Waals surface area (Å²) in [6.45, 7) is 3.81. The Balaban J connectivity index is 1.43. The minimum atomic E-state index is 0.228. The van der Waals surface area contributed by atoms with Crippen LogP contribution in [-0.4, -0.2) is 51.3 Å². The van der Waals surface area contributed by atoms with Gasteiger partial charge in [0.2, 0.25) is 5.89 Å². The van der Waals surface area contributed by atoms with Crippen molar-refractivity contribution < 1.29 is 4.42 Å². The molecule has 9 nitrogen and oxygen atoms in total. The van der Waals surface area contributed by atoms with E-state index in [1.807, 2.05) is 42.5 Å². The van der Waals surface area contributed by atoms with Gasteiger partial charge in [0.1, 0.15) is 5.82 Å². The zero-order valence-electron chi connectivity index (χ0n) is 16.2. The number of pyridine rings is 1. The molecule has 3 aromatic heterocycles. The summed E-state index contributed by atoms with van der Waals surface area (Å²) in [4.78, 5) is 15.7. The molecule has 0 bridgehead atoms. The molecule has 1 fully saturated rings. The molecule has 0 unspecified atom stereocenters. The van der Waals surface area contributed by atoms with Crippen molar-refractivity contribution >= 4 is 11.6 Å². The molecule has 150 valence electrons. The molecule has 1 saturated heterocycles. The predicted octanol–water partition coefficient (Wildman–Crippen LogP) is 2.25. The van der Waals surface area contributed by atoms with Crippen LogP contribution in [0.4, 0.5) is 11.6 Å². The van der Waals surface area contributed by atoms with E-state index >= 15 is 0 Å². The summed E-state index contributed by atoms with van der Waals surface area (Å²) in [7, 11) is 0. The molecule has 0 spiro atoms. The van der Waals surface area contributed by atoms with Crippen LogP contribution >= 0.6 is 0 Å². The number of nitrogens with two attached hydrogens (primary N) is 1. The smallest absolute Gasteiger partial charge is 0.270 e. The van der Waals surface area contributed by atoms with Crippen molar-refractivity contribution in [1.29, 1.82) is 0 Å². The molecule has 1 aliphatic heterocycles. The second-order valence-electron chi connectivity index (χ2n) is 6.91. The van der Waals surface area contributed by atoms with Crippen LogP contribution in [-0.2, 0) is 0 Å². The number of nitrogens with zero attached hydrogens (tertiary/aromatic N) is 6. The standard InChI is InChI=1S/C21H20N8O/c22-19-18(21-28-27-20(30-21)14-4-2-1-3-5-14)26-16(13-25-19)15-6-7-17(24-12-15)29-10-8-23-9-11-29/h1-7,12-13,23H,8-11H2,(H2,22,25).